The van der Waals surface area contributed by atoms with Gasteiger partial charge in [0, 0.05) is 35.3 Å². The Hall–Kier alpha value is -1.03. The highest BCUT2D eigenvalue weighted by Crippen LogP contribution is 2.32. The van der Waals surface area contributed by atoms with Crippen LogP contribution >= 0.6 is 11.8 Å². The molecule has 1 aromatic carbocycles. The highest BCUT2D eigenvalue weighted by atomic mass is 32.2. The predicted octanol–water partition coefficient (Wildman–Crippen LogP) is 3.00. The Morgan fingerprint density at radius 1 is 1.33 bits per heavy atom. The Labute approximate surface area is 114 Å². The predicted molar refractivity (Wildman–Crippen MR) is 80.8 cm³/mol. The number of ether oxygens (including phenoxy) is 1. The number of thioether (sulfide) groups is 1. The van der Waals surface area contributed by atoms with E-state index in [0.29, 0.717) is 22.8 Å². The van der Waals surface area contributed by atoms with Crippen LogP contribution in [0, 0.1) is 0 Å². The van der Waals surface area contributed by atoms with Gasteiger partial charge in [-0.2, -0.15) is 11.8 Å². The monoisotopic (exact) mass is 266 g/mol. The van der Waals surface area contributed by atoms with Gasteiger partial charge in [-0.3, -0.25) is 0 Å². The fourth-order valence-corrected chi connectivity index (χ4v) is 3.71. The van der Waals surface area contributed by atoms with E-state index < -0.39 is 0 Å². The molecule has 1 aromatic rings. The van der Waals surface area contributed by atoms with Gasteiger partial charge in [0.25, 0.3) is 0 Å². The molecule has 0 amide bonds. The minimum Gasteiger partial charge on any atom is -0.492 e. The minimum atomic E-state index is 0.649. The lowest BCUT2D eigenvalue weighted by atomic mass is 10.2. The normalized spacial score (nSPS) is 24.1. The molecule has 0 radical (unpaired) electrons. The average molecular weight is 266 g/mol. The third-order valence-corrected chi connectivity index (χ3v) is 4.31. The van der Waals surface area contributed by atoms with Crippen LogP contribution in [0.25, 0.3) is 0 Å². The maximum Gasteiger partial charge on any atom is 0.144 e. The average Bonchev–Trinajstić information content (AvgIpc) is 2.31. The zero-order valence-electron chi connectivity index (χ0n) is 11.3. The molecule has 1 fully saturated rings. The van der Waals surface area contributed by atoms with E-state index in [4.69, 9.17) is 10.5 Å². The van der Waals surface area contributed by atoms with Crippen molar-refractivity contribution in [1.82, 2.24) is 0 Å². The molecule has 1 saturated heterocycles. The lowest BCUT2D eigenvalue weighted by molar-refractivity contribution is 0.342. The van der Waals surface area contributed by atoms with Gasteiger partial charge in [0.15, 0.2) is 0 Å². The lowest BCUT2D eigenvalue weighted by Gasteiger charge is -2.36. The molecule has 0 spiro atoms. The zero-order chi connectivity index (χ0) is 13.1. The first-order valence-electron chi connectivity index (χ1n) is 6.53. The van der Waals surface area contributed by atoms with Crippen molar-refractivity contribution in [3.05, 3.63) is 18.2 Å². The van der Waals surface area contributed by atoms with Crippen LogP contribution in [0.5, 0.6) is 5.75 Å². The fourth-order valence-electron chi connectivity index (χ4n) is 2.39. The van der Waals surface area contributed by atoms with Crippen LogP contribution in [-0.2, 0) is 0 Å². The number of rotatable bonds is 3. The van der Waals surface area contributed by atoms with Crippen LogP contribution in [0.3, 0.4) is 0 Å². The topological polar surface area (TPSA) is 38.5 Å². The molecule has 1 aliphatic rings. The zero-order valence-corrected chi connectivity index (χ0v) is 12.2. The molecule has 100 valence electrons. The summed E-state index contributed by atoms with van der Waals surface area (Å²) in [5.41, 5.74) is 7.84. The van der Waals surface area contributed by atoms with Crippen molar-refractivity contribution < 1.29 is 4.74 Å². The number of anilines is 2. The van der Waals surface area contributed by atoms with E-state index in [-0.39, 0.29) is 0 Å². The van der Waals surface area contributed by atoms with E-state index >= 15 is 0 Å². The smallest absolute Gasteiger partial charge is 0.144 e. The van der Waals surface area contributed by atoms with Crippen molar-refractivity contribution in [2.45, 2.75) is 31.3 Å². The molecule has 1 heterocycles. The number of nitrogen functional groups attached to an aromatic ring is 1. The number of hydrogen-bond acceptors (Lipinski definition) is 4. The van der Waals surface area contributed by atoms with E-state index in [1.54, 1.807) is 0 Å². The van der Waals surface area contributed by atoms with Gasteiger partial charge >= 0.3 is 0 Å². The van der Waals surface area contributed by atoms with Crippen LogP contribution in [0.15, 0.2) is 18.2 Å². The van der Waals surface area contributed by atoms with E-state index in [2.05, 4.69) is 42.6 Å². The maximum absolute atomic E-state index is 5.91. The van der Waals surface area contributed by atoms with Crippen molar-refractivity contribution in [3.63, 3.8) is 0 Å². The Balaban J connectivity index is 2.19. The first kappa shape index (κ1) is 13.4. The molecule has 0 aliphatic carbocycles. The molecule has 0 bridgehead atoms. The van der Waals surface area contributed by atoms with Crippen molar-refractivity contribution in [3.8, 4) is 5.75 Å². The lowest BCUT2D eigenvalue weighted by Crippen LogP contribution is -2.40. The summed E-state index contributed by atoms with van der Waals surface area (Å²) < 4.78 is 5.56. The molecule has 0 saturated carbocycles. The SMILES string of the molecule is CCOc1cc(N2CC(C)SC(C)C2)ccc1N. The molecule has 2 N–H and O–H groups in total. The maximum atomic E-state index is 5.91. The van der Waals surface area contributed by atoms with Crippen LogP contribution in [-0.4, -0.2) is 30.2 Å². The number of nitrogens with two attached hydrogens (primary N) is 1. The molecule has 2 unspecified atom stereocenters. The quantitative estimate of drug-likeness (QED) is 0.854. The Kier molecular flexibility index (Phi) is 4.27. The summed E-state index contributed by atoms with van der Waals surface area (Å²) in [5, 5.41) is 1.34. The molecule has 2 atom stereocenters. The van der Waals surface area contributed by atoms with E-state index in [1.165, 1.54) is 5.69 Å². The number of hydrogen-bond donors (Lipinski definition) is 1. The molecule has 18 heavy (non-hydrogen) atoms. The van der Waals surface area contributed by atoms with Gasteiger partial charge in [-0.15, -0.1) is 0 Å². The molecule has 3 nitrogen and oxygen atoms in total. The number of benzene rings is 1. The summed E-state index contributed by atoms with van der Waals surface area (Å²) in [6, 6.07) is 6.10. The summed E-state index contributed by atoms with van der Waals surface area (Å²) in [7, 11) is 0. The van der Waals surface area contributed by atoms with Gasteiger partial charge < -0.3 is 15.4 Å². The standard InChI is InChI=1S/C14H22N2OS/c1-4-17-14-7-12(5-6-13(14)15)16-8-10(2)18-11(3)9-16/h5-7,10-11H,4,8-9,15H2,1-3H3. The van der Waals surface area contributed by atoms with Gasteiger partial charge in [0.05, 0.1) is 12.3 Å². The summed E-state index contributed by atoms with van der Waals surface area (Å²) in [6.07, 6.45) is 0. The van der Waals surface area contributed by atoms with Crippen LogP contribution in [0.1, 0.15) is 20.8 Å². The number of nitrogens with zero attached hydrogens (tertiary/aromatic N) is 1. The van der Waals surface area contributed by atoms with Gasteiger partial charge in [-0.05, 0) is 19.1 Å². The molecule has 1 aliphatic heterocycles. The van der Waals surface area contributed by atoms with Crippen molar-refractivity contribution in [1.29, 1.82) is 0 Å². The highest BCUT2D eigenvalue weighted by Gasteiger charge is 2.22. The Morgan fingerprint density at radius 2 is 2.00 bits per heavy atom. The van der Waals surface area contributed by atoms with Crippen LogP contribution in [0.4, 0.5) is 11.4 Å². The highest BCUT2D eigenvalue weighted by molar-refractivity contribution is 8.00. The summed E-state index contributed by atoms with van der Waals surface area (Å²) >= 11 is 2.06. The second-order valence-corrected chi connectivity index (χ2v) is 6.70. The van der Waals surface area contributed by atoms with Gasteiger partial charge in [-0.1, -0.05) is 13.8 Å². The molecule has 4 heteroatoms. The second-order valence-electron chi connectivity index (χ2n) is 4.82. The first-order valence-corrected chi connectivity index (χ1v) is 7.47. The van der Waals surface area contributed by atoms with Crippen LogP contribution in [0.2, 0.25) is 0 Å². The van der Waals surface area contributed by atoms with Gasteiger partial charge in [0.1, 0.15) is 5.75 Å². The molecular weight excluding hydrogens is 244 g/mol. The first-order chi connectivity index (χ1) is 8.60. The van der Waals surface area contributed by atoms with E-state index in [0.717, 1.165) is 18.8 Å². The second kappa shape index (κ2) is 5.74. The minimum absolute atomic E-state index is 0.649. The van der Waals surface area contributed by atoms with Crippen molar-refractivity contribution >= 4 is 23.1 Å². The summed E-state index contributed by atoms with van der Waals surface area (Å²) in [4.78, 5) is 2.42. The van der Waals surface area contributed by atoms with E-state index in [1.807, 2.05) is 13.0 Å². The van der Waals surface area contributed by atoms with E-state index in [9.17, 15) is 0 Å². The third kappa shape index (κ3) is 3.05. The molecular formula is C14H22N2OS. The van der Waals surface area contributed by atoms with Crippen molar-refractivity contribution in [2.24, 2.45) is 0 Å². The fraction of sp³-hybridized carbons (Fsp3) is 0.571. The Bertz CT molecular complexity index is 401. The van der Waals surface area contributed by atoms with Crippen LogP contribution < -0.4 is 15.4 Å². The summed E-state index contributed by atoms with van der Waals surface area (Å²) in [6.45, 7) is 9.38. The molecule has 2 rings (SSSR count). The Morgan fingerprint density at radius 3 is 2.61 bits per heavy atom. The molecule has 0 aromatic heterocycles. The largest absolute Gasteiger partial charge is 0.492 e. The van der Waals surface area contributed by atoms with Gasteiger partial charge in [0.2, 0.25) is 0 Å². The summed E-state index contributed by atoms with van der Waals surface area (Å²) in [5.74, 6) is 0.800. The third-order valence-electron chi connectivity index (χ3n) is 3.08. The van der Waals surface area contributed by atoms with Gasteiger partial charge in [-0.25, -0.2) is 0 Å². The van der Waals surface area contributed by atoms with Crippen molar-refractivity contribution in [2.75, 3.05) is 30.3 Å².